The van der Waals surface area contributed by atoms with E-state index in [1.807, 2.05) is 6.92 Å². The van der Waals surface area contributed by atoms with Crippen LogP contribution in [0, 0.1) is 17.0 Å². The Morgan fingerprint density at radius 3 is 2.54 bits per heavy atom. The van der Waals surface area contributed by atoms with Crippen molar-refractivity contribution >= 4 is 0 Å². The van der Waals surface area contributed by atoms with E-state index in [2.05, 4.69) is 6.92 Å². The molecule has 1 aliphatic rings. The average Bonchev–Trinajstić information content (AvgIpc) is 2.53. The van der Waals surface area contributed by atoms with Crippen molar-refractivity contribution in [3.63, 3.8) is 0 Å². The maximum Gasteiger partial charge on any atom is -0.0116 e. The summed E-state index contributed by atoms with van der Waals surface area (Å²) in [5.41, 5.74) is 0. The predicted molar refractivity (Wildman–Crippen MR) is 56.4 cm³/mol. The van der Waals surface area contributed by atoms with E-state index in [0.717, 1.165) is 12.5 Å². The Kier molecular flexibility index (Phi) is 4.74. The van der Waals surface area contributed by atoms with Crippen LogP contribution in [-0.2, 0) is 0 Å². The van der Waals surface area contributed by atoms with Gasteiger partial charge in [0.15, 0.2) is 0 Å². The van der Waals surface area contributed by atoms with Crippen LogP contribution in [-0.4, -0.2) is 18.2 Å². The highest BCUT2D eigenvalue weighted by molar-refractivity contribution is 4.77. The van der Waals surface area contributed by atoms with E-state index in [0.29, 0.717) is 12.5 Å². The average molecular weight is 184 g/mol. The number of nitrogens with zero attached hydrogens (tertiary/aromatic N) is 1. The second kappa shape index (κ2) is 5.61. The van der Waals surface area contributed by atoms with Gasteiger partial charge in [-0.25, -0.2) is 0 Å². The van der Waals surface area contributed by atoms with Crippen molar-refractivity contribution in [2.45, 2.75) is 46.0 Å². The lowest BCUT2D eigenvalue weighted by molar-refractivity contribution is 0.315. The molecule has 0 saturated heterocycles. The summed E-state index contributed by atoms with van der Waals surface area (Å²) in [6, 6.07) is 0. The third-order valence-corrected chi connectivity index (χ3v) is 3.16. The van der Waals surface area contributed by atoms with Crippen molar-refractivity contribution in [2.24, 2.45) is 11.8 Å². The zero-order valence-electron chi connectivity index (χ0n) is 8.96. The Balaban J connectivity index is 2.17. The first kappa shape index (κ1) is 11.0. The van der Waals surface area contributed by atoms with Crippen molar-refractivity contribution in [3.8, 4) is 0 Å². The Bertz CT molecular complexity index is 138. The maximum atomic E-state index is 11.1. The van der Waals surface area contributed by atoms with Gasteiger partial charge in [0, 0.05) is 0 Å². The van der Waals surface area contributed by atoms with Gasteiger partial charge >= 0.3 is 0 Å². The van der Waals surface area contributed by atoms with Crippen molar-refractivity contribution < 1.29 is 0 Å². The van der Waals surface area contributed by atoms with E-state index >= 15 is 0 Å². The highest BCUT2D eigenvalue weighted by Gasteiger charge is 2.23. The first-order valence-electron chi connectivity index (χ1n) is 5.68. The van der Waals surface area contributed by atoms with E-state index in [1.165, 1.54) is 37.2 Å². The van der Waals surface area contributed by atoms with Crippen LogP contribution in [0.3, 0.4) is 0 Å². The number of hydrogen-bond donors (Lipinski definition) is 0. The monoisotopic (exact) mass is 184 g/mol. The fraction of sp³-hybridized carbons (Fsp3) is 1.00. The summed E-state index contributed by atoms with van der Waals surface area (Å²) in [6.45, 7) is 5.61. The fourth-order valence-electron chi connectivity index (χ4n) is 2.43. The van der Waals surface area contributed by atoms with Gasteiger partial charge in [-0.1, -0.05) is 33.1 Å². The molecule has 0 aromatic carbocycles. The summed E-state index contributed by atoms with van der Waals surface area (Å²) in [7, 11) is 0. The molecule has 0 spiro atoms. The topological polar surface area (TPSA) is 26.3 Å². The fourth-order valence-corrected chi connectivity index (χ4v) is 2.43. The quantitative estimate of drug-likeness (QED) is 0.614. The summed E-state index contributed by atoms with van der Waals surface area (Å²) in [5, 5.41) is 12.4. The van der Waals surface area contributed by atoms with Gasteiger partial charge in [0.2, 0.25) is 0 Å². The van der Waals surface area contributed by atoms with Crippen LogP contribution in [0.4, 0.5) is 0 Å². The van der Waals surface area contributed by atoms with Crippen LogP contribution in [0.2, 0.25) is 0 Å². The molecule has 0 amide bonds. The van der Waals surface area contributed by atoms with E-state index < -0.39 is 0 Å². The van der Waals surface area contributed by atoms with Crippen molar-refractivity contribution in [1.29, 1.82) is 0 Å². The predicted octanol–water partition coefficient (Wildman–Crippen LogP) is 3.02. The summed E-state index contributed by atoms with van der Waals surface area (Å²) >= 11 is 0. The van der Waals surface area contributed by atoms with Gasteiger partial charge in [-0.15, -0.1) is 0 Å². The van der Waals surface area contributed by atoms with Crippen LogP contribution >= 0.6 is 0 Å². The van der Waals surface area contributed by atoms with Crippen LogP contribution in [0.15, 0.2) is 0 Å². The summed E-state index contributed by atoms with van der Waals surface area (Å²) in [5.74, 6) is 1.61. The lowest BCUT2D eigenvalue weighted by Crippen LogP contribution is -2.22. The van der Waals surface area contributed by atoms with Crippen molar-refractivity contribution in [2.75, 3.05) is 13.1 Å². The molecule has 2 nitrogen and oxygen atoms in total. The molecule has 0 aromatic heterocycles. The molecule has 2 unspecified atom stereocenters. The molecule has 1 saturated carbocycles. The van der Waals surface area contributed by atoms with Crippen LogP contribution < -0.4 is 0 Å². The molecule has 78 valence electrons. The normalized spacial score (nSPS) is 28.6. The molecule has 0 aromatic rings. The van der Waals surface area contributed by atoms with Crippen molar-refractivity contribution in [1.82, 2.24) is 5.06 Å². The van der Waals surface area contributed by atoms with Crippen LogP contribution in [0.1, 0.15) is 46.0 Å². The number of hydrogen-bond acceptors (Lipinski definition) is 2. The summed E-state index contributed by atoms with van der Waals surface area (Å²) < 4.78 is 0. The molecular formula is C11H22NO-. The first-order chi connectivity index (χ1) is 6.26. The second-order valence-corrected chi connectivity index (χ2v) is 4.31. The lowest BCUT2D eigenvalue weighted by atomic mass is 10.0. The SMILES string of the molecule is CCCC1CCC(CN([O-])CC)C1. The van der Waals surface area contributed by atoms with E-state index in [-0.39, 0.29) is 0 Å². The van der Waals surface area contributed by atoms with Gasteiger partial charge in [-0.2, -0.15) is 0 Å². The molecule has 0 N–H and O–H groups in total. The minimum absolute atomic E-state index is 0.648. The third-order valence-electron chi connectivity index (χ3n) is 3.16. The Morgan fingerprint density at radius 2 is 1.92 bits per heavy atom. The third kappa shape index (κ3) is 3.65. The summed E-state index contributed by atoms with van der Waals surface area (Å²) in [6.07, 6.45) is 6.60. The molecule has 1 rings (SSSR count). The summed E-state index contributed by atoms with van der Waals surface area (Å²) in [4.78, 5) is 0. The largest absolute Gasteiger partial charge is 0.785 e. The molecule has 1 fully saturated rings. The minimum Gasteiger partial charge on any atom is -0.785 e. The lowest BCUT2D eigenvalue weighted by Gasteiger charge is -2.29. The van der Waals surface area contributed by atoms with E-state index in [4.69, 9.17) is 0 Å². The smallest absolute Gasteiger partial charge is 0.0116 e. The van der Waals surface area contributed by atoms with Gasteiger partial charge in [0.05, 0.1) is 0 Å². The molecular weight excluding hydrogens is 162 g/mol. The van der Waals surface area contributed by atoms with Gasteiger partial charge in [-0.3, -0.25) is 0 Å². The molecule has 1 aliphatic carbocycles. The van der Waals surface area contributed by atoms with Crippen LogP contribution in [0.25, 0.3) is 0 Å². The molecule has 0 aliphatic heterocycles. The van der Waals surface area contributed by atoms with Gasteiger partial charge in [0.1, 0.15) is 0 Å². The highest BCUT2D eigenvalue weighted by atomic mass is 16.5. The van der Waals surface area contributed by atoms with Gasteiger partial charge in [-0.05, 0) is 37.8 Å². The number of hydroxylamine groups is 2. The molecule has 13 heavy (non-hydrogen) atoms. The Hall–Kier alpha value is -0.0800. The molecule has 0 heterocycles. The maximum absolute atomic E-state index is 11.1. The Morgan fingerprint density at radius 1 is 1.23 bits per heavy atom. The number of rotatable bonds is 5. The molecule has 2 atom stereocenters. The molecule has 0 bridgehead atoms. The van der Waals surface area contributed by atoms with Gasteiger partial charge in [0.25, 0.3) is 0 Å². The zero-order chi connectivity index (χ0) is 9.68. The van der Waals surface area contributed by atoms with E-state index in [9.17, 15) is 5.21 Å². The zero-order valence-corrected chi connectivity index (χ0v) is 8.96. The molecule has 2 heteroatoms. The minimum atomic E-state index is 0.648. The van der Waals surface area contributed by atoms with Crippen LogP contribution in [0.5, 0.6) is 0 Å². The van der Waals surface area contributed by atoms with Gasteiger partial charge < -0.3 is 10.3 Å². The highest BCUT2D eigenvalue weighted by Crippen LogP contribution is 2.33. The standard InChI is InChI=1S/C11H22NO/c1-3-5-10-6-7-11(8-10)9-12(13)4-2/h10-11H,3-9H2,1-2H3/q-1. The Labute approximate surface area is 81.9 Å². The van der Waals surface area contributed by atoms with Crippen molar-refractivity contribution in [3.05, 3.63) is 5.21 Å². The van der Waals surface area contributed by atoms with E-state index in [1.54, 1.807) is 0 Å². The molecule has 0 radical (unpaired) electrons. The first-order valence-corrected chi connectivity index (χ1v) is 5.68. The second-order valence-electron chi connectivity index (χ2n) is 4.31.